The van der Waals surface area contributed by atoms with Crippen molar-refractivity contribution >= 4 is 33.8 Å². The molecule has 9 aromatic rings. The Morgan fingerprint density at radius 2 is 1.12 bits per heavy atom. The number of rotatable bonds is 5. The molecular formula is C48H33N3Se. The third-order valence-corrected chi connectivity index (χ3v) is 13.2. The van der Waals surface area contributed by atoms with Crippen LogP contribution in [0.25, 0.3) is 86.3 Å². The van der Waals surface area contributed by atoms with Crippen LogP contribution in [0.5, 0.6) is 0 Å². The van der Waals surface area contributed by atoms with E-state index in [0.717, 1.165) is 45.6 Å². The first-order chi connectivity index (χ1) is 25.7. The Labute approximate surface area is 309 Å². The van der Waals surface area contributed by atoms with Crippen molar-refractivity contribution in [2.75, 3.05) is 0 Å². The van der Waals surface area contributed by atoms with Crippen LogP contribution >= 0.6 is 0 Å². The van der Waals surface area contributed by atoms with Gasteiger partial charge in [-0.25, -0.2) is 0 Å². The molecule has 0 unspecified atom stereocenters. The van der Waals surface area contributed by atoms with Crippen molar-refractivity contribution < 1.29 is 0 Å². The van der Waals surface area contributed by atoms with Crippen LogP contribution in [-0.4, -0.2) is 29.9 Å². The van der Waals surface area contributed by atoms with Crippen LogP contribution in [0.4, 0.5) is 0 Å². The molecular weight excluding hydrogens is 698 g/mol. The molecule has 3 nitrogen and oxygen atoms in total. The van der Waals surface area contributed by atoms with Gasteiger partial charge in [0.2, 0.25) is 0 Å². The molecule has 0 N–H and O–H groups in total. The maximum absolute atomic E-state index is 5.07. The van der Waals surface area contributed by atoms with Gasteiger partial charge in [0.1, 0.15) is 0 Å². The Balaban J connectivity index is 1.37. The second-order valence-corrected chi connectivity index (χ2v) is 15.9. The molecule has 0 aliphatic heterocycles. The normalized spacial score (nSPS) is 12.0. The maximum atomic E-state index is 5.07. The van der Waals surface area contributed by atoms with Gasteiger partial charge in [0.15, 0.2) is 0 Å². The molecule has 7 aromatic carbocycles. The number of benzene rings is 7. The fraction of sp³-hybridized carbons (Fsp3) is 0.0625. The number of fused-ring (bicyclic) bond motifs is 6. The van der Waals surface area contributed by atoms with E-state index in [1.165, 1.54) is 69.4 Å². The van der Waals surface area contributed by atoms with Gasteiger partial charge in [-0.3, -0.25) is 0 Å². The Morgan fingerprint density at radius 3 is 1.90 bits per heavy atom. The van der Waals surface area contributed by atoms with E-state index in [2.05, 4.69) is 171 Å². The summed E-state index contributed by atoms with van der Waals surface area (Å²) in [6, 6.07) is 54.8. The summed E-state index contributed by atoms with van der Waals surface area (Å²) in [6.07, 6.45) is 0.856. The quantitative estimate of drug-likeness (QED) is 0.166. The second-order valence-electron chi connectivity index (χ2n) is 13.7. The Morgan fingerprint density at radius 1 is 0.481 bits per heavy atom. The second kappa shape index (κ2) is 12.4. The summed E-state index contributed by atoms with van der Waals surface area (Å²) in [7, 11) is 0. The van der Waals surface area contributed by atoms with Gasteiger partial charge in [-0.05, 0) is 0 Å². The van der Waals surface area contributed by atoms with Gasteiger partial charge in [-0.1, -0.05) is 6.07 Å². The van der Waals surface area contributed by atoms with Crippen LogP contribution in [0.1, 0.15) is 22.3 Å². The van der Waals surface area contributed by atoms with E-state index in [9.17, 15) is 0 Å². The van der Waals surface area contributed by atoms with Gasteiger partial charge in [0.25, 0.3) is 0 Å². The molecule has 0 spiro atoms. The summed E-state index contributed by atoms with van der Waals surface area (Å²) in [5.41, 5.74) is 18.5. The zero-order chi connectivity index (χ0) is 34.8. The van der Waals surface area contributed by atoms with Crippen molar-refractivity contribution in [2.24, 2.45) is 0 Å². The SMILES string of the molecule is Cc1cc2c(c(-c3c(-c4ccccc4-c4ccccc4)nnnc3-c3ccc4[se]c5ccccc5c4c3-c3ccccc3)c1C)Cc1ccccc1-2. The van der Waals surface area contributed by atoms with E-state index in [4.69, 9.17) is 10.2 Å². The Hall–Kier alpha value is -5.93. The summed E-state index contributed by atoms with van der Waals surface area (Å²) in [4.78, 5) is 0. The zero-order valence-electron chi connectivity index (χ0n) is 28.9. The monoisotopic (exact) mass is 731 g/mol. The van der Waals surface area contributed by atoms with Crippen LogP contribution in [0, 0.1) is 13.8 Å². The van der Waals surface area contributed by atoms with Crippen molar-refractivity contribution in [3.8, 4) is 67.0 Å². The molecule has 2 aromatic heterocycles. The van der Waals surface area contributed by atoms with Crippen molar-refractivity contribution in [3.05, 3.63) is 174 Å². The van der Waals surface area contributed by atoms with E-state index in [1.54, 1.807) is 0 Å². The van der Waals surface area contributed by atoms with Crippen molar-refractivity contribution in [2.45, 2.75) is 20.3 Å². The Kier molecular flexibility index (Phi) is 7.35. The molecule has 52 heavy (non-hydrogen) atoms. The predicted octanol–water partition coefficient (Wildman–Crippen LogP) is 11.8. The first-order valence-electron chi connectivity index (χ1n) is 17.8. The zero-order valence-corrected chi connectivity index (χ0v) is 30.6. The summed E-state index contributed by atoms with van der Waals surface area (Å²) in [5, 5.41) is 17.3. The third-order valence-electron chi connectivity index (χ3n) is 10.8. The summed E-state index contributed by atoms with van der Waals surface area (Å²) < 4.78 is 2.82. The molecule has 0 saturated carbocycles. The van der Waals surface area contributed by atoms with Crippen LogP contribution < -0.4 is 0 Å². The summed E-state index contributed by atoms with van der Waals surface area (Å²) in [6.45, 7) is 4.51. The molecule has 0 bridgehead atoms. The summed E-state index contributed by atoms with van der Waals surface area (Å²) >= 11 is 0.222. The van der Waals surface area contributed by atoms with E-state index in [-0.39, 0.29) is 14.5 Å². The van der Waals surface area contributed by atoms with Crippen molar-refractivity contribution in [1.29, 1.82) is 0 Å². The fourth-order valence-electron chi connectivity index (χ4n) is 8.28. The van der Waals surface area contributed by atoms with Crippen LogP contribution in [0.3, 0.4) is 0 Å². The molecule has 1 aliphatic rings. The molecule has 10 rings (SSSR count). The van der Waals surface area contributed by atoms with Gasteiger partial charge >= 0.3 is 304 Å². The molecule has 0 fully saturated rings. The molecule has 0 saturated heterocycles. The van der Waals surface area contributed by atoms with Gasteiger partial charge in [-0.15, -0.1) is 0 Å². The molecule has 0 radical (unpaired) electrons. The number of aryl methyl sites for hydroxylation is 1. The minimum atomic E-state index is 0.222. The topological polar surface area (TPSA) is 38.7 Å². The fourth-order valence-corrected chi connectivity index (χ4v) is 10.6. The van der Waals surface area contributed by atoms with Crippen LogP contribution in [0.2, 0.25) is 0 Å². The average Bonchev–Trinajstić information content (AvgIpc) is 3.77. The first-order valence-corrected chi connectivity index (χ1v) is 19.5. The molecule has 0 atom stereocenters. The standard InChI is InChI=1S/C48H33N3Se/c1-29-27-39-35-21-10-9-19-33(35)28-40(39)43(30(29)2)46-47(36-22-12-11-20-34(36)31-15-5-3-6-16-31)49-51-50-48(46)38-25-26-42-45(37-23-13-14-24-41(37)52-42)44(38)32-17-7-4-8-18-32/h3-27H,28H2,1-2H3. The van der Waals surface area contributed by atoms with Gasteiger partial charge < -0.3 is 0 Å². The van der Waals surface area contributed by atoms with Crippen molar-refractivity contribution in [1.82, 2.24) is 15.4 Å². The van der Waals surface area contributed by atoms with Gasteiger partial charge in [0, 0.05) is 0 Å². The van der Waals surface area contributed by atoms with Gasteiger partial charge in [0.05, 0.1) is 0 Å². The third kappa shape index (κ3) is 4.83. The summed E-state index contributed by atoms with van der Waals surface area (Å²) in [5.74, 6) is 0. The minimum absolute atomic E-state index is 0.222. The molecule has 1 aliphatic carbocycles. The number of aromatic nitrogens is 3. The first kappa shape index (κ1) is 30.9. The molecule has 0 amide bonds. The molecule has 246 valence electrons. The van der Waals surface area contributed by atoms with Crippen LogP contribution in [-0.2, 0) is 6.42 Å². The van der Waals surface area contributed by atoms with E-state index < -0.39 is 0 Å². The predicted molar refractivity (Wildman–Crippen MR) is 217 cm³/mol. The van der Waals surface area contributed by atoms with E-state index in [1.807, 2.05) is 0 Å². The van der Waals surface area contributed by atoms with E-state index in [0.29, 0.717) is 0 Å². The average molecular weight is 731 g/mol. The van der Waals surface area contributed by atoms with E-state index >= 15 is 0 Å². The Bertz CT molecular complexity index is 2840. The number of hydrogen-bond acceptors (Lipinski definition) is 3. The van der Waals surface area contributed by atoms with Gasteiger partial charge in [-0.2, -0.15) is 0 Å². The number of nitrogens with zero attached hydrogens (tertiary/aromatic N) is 3. The molecule has 4 heteroatoms. The van der Waals surface area contributed by atoms with Crippen LogP contribution in [0.15, 0.2) is 152 Å². The molecule has 2 heterocycles. The van der Waals surface area contributed by atoms with Crippen molar-refractivity contribution in [3.63, 3.8) is 0 Å². The number of hydrogen-bond donors (Lipinski definition) is 0.